The van der Waals surface area contributed by atoms with Crippen LogP contribution in [-0.4, -0.2) is 32.9 Å². The molecule has 2 aliphatic rings. The fraction of sp³-hybridized carbons (Fsp3) is 0.429. The van der Waals surface area contributed by atoms with Gasteiger partial charge in [-0.1, -0.05) is 36.8 Å². The SMILES string of the molecule is Cc1ccc(CN2C(=O)c3ccc(-c4ccco4)n3C[C@@]2(C)C(=O)NC2CCC(C)CC2)cc1. The summed E-state index contributed by atoms with van der Waals surface area (Å²) in [5.41, 5.74) is 2.54. The Labute approximate surface area is 200 Å². The molecule has 1 aliphatic heterocycles. The van der Waals surface area contributed by atoms with E-state index in [9.17, 15) is 9.59 Å². The summed E-state index contributed by atoms with van der Waals surface area (Å²) in [7, 11) is 0. The highest BCUT2D eigenvalue weighted by atomic mass is 16.3. The van der Waals surface area contributed by atoms with E-state index in [1.807, 2.05) is 66.9 Å². The van der Waals surface area contributed by atoms with Gasteiger partial charge in [0, 0.05) is 12.6 Å². The van der Waals surface area contributed by atoms with Gasteiger partial charge in [0.25, 0.3) is 5.91 Å². The van der Waals surface area contributed by atoms with E-state index in [-0.39, 0.29) is 17.9 Å². The Hall–Kier alpha value is -3.28. The molecule has 0 unspecified atom stereocenters. The zero-order valence-corrected chi connectivity index (χ0v) is 20.2. The van der Waals surface area contributed by atoms with Gasteiger partial charge in [0.2, 0.25) is 5.91 Å². The minimum atomic E-state index is -1.03. The molecule has 1 atom stereocenters. The topological polar surface area (TPSA) is 67.5 Å². The van der Waals surface area contributed by atoms with Gasteiger partial charge in [-0.3, -0.25) is 9.59 Å². The smallest absolute Gasteiger partial charge is 0.271 e. The number of carbonyl (C=O) groups excluding carboxylic acids is 2. The second kappa shape index (κ2) is 8.82. The first-order valence-corrected chi connectivity index (χ1v) is 12.3. The maximum Gasteiger partial charge on any atom is 0.271 e. The molecule has 1 fully saturated rings. The van der Waals surface area contributed by atoms with Gasteiger partial charge in [-0.05, 0) is 75.3 Å². The Morgan fingerprint density at radius 1 is 1.06 bits per heavy atom. The van der Waals surface area contributed by atoms with Crippen molar-refractivity contribution in [2.45, 2.75) is 71.1 Å². The molecule has 0 radical (unpaired) electrons. The number of nitrogens with zero attached hydrogens (tertiary/aromatic N) is 2. The van der Waals surface area contributed by atoms with Crippen LogP contribution < -0.4 is 5.32 Å². The Balaban J connectivity index is 1.50. The number of rotatable bonds is 5. The van der Waals surface area contributed by atoms with Gasteiger partial charge in [0.05, 0.1) is 18.5 Å². The van der Waals surface area contributed by atoms with Crippen molar-refractivity contribution < 1.29 is 14.0 Å². The third-order valence-corrected chi connectivity index (χ3v) is 7.58. The molecule has 0 bridgehead atoms. The summed E-state index contributed by atoms with van der Waals surface area (Å²) in [5, 5.41) is 3.30. The zero-order chi connectivity index (χ0) is 23.9. The fourth-order valence-corrected chi connectivity index (χ4v) is 5.28. The molecule has 6 heteroatoms. The standard InChI is InChI=1S/C28H33N3O3/c1-19-6-10-21(11-7-19)17-31-26(32)24-15-14-23(25-5-4-16-34-25)30(24)18-28(31,3)27(33)29-22-12-8-20(2)9-13-22/h4-7,10-11,14-16,20,22H,8-9,12-13,17-18H2,1-3H3,(H,29,33)/t20?,22?,28-/m0/s1. The van der Waals surface area contributed by atoms with E-state index in [4.69, 9.17) is 4.42 Å². The molecule has 5 rings (SSSR count). The Morgan fingerprint density at radius 3 is 2.44 bits per heavy atom. The van der Waals surface area contributed by atoms with E-state index in [1.54, 1.807) is 11.2 Å². The molecule has 3 heterocycles. The molecule has 1 saturated carbocycles. The number of aromatic nitrogens is 1. The molecule has 3 aromatic rings. The van der Waals surface area contributed by atoms with Crippen molar-refractivity contribution in [2.75, 3.05) is 0 Å². The molecule has 2 aromatic heterocycles. The number of hydrogen-bond acceptors (Lipinski definition) is 3. The van der Waals surface area contributed by atoms with Gasteiger partial charge in [0.15, 0.2) is 0 Å². The van der Waals surface area contributed by atoms with Crippen LogP contribution in [0.2, 0.25) is 0 Å². The molecule has 6 nitrogen and oxygen atoms in total. The highest BCUT2D eigenvalue weighted by Crippen LogP contribution is 2.35. The second-order valence-corrected chi connectivity index (χ2v) is 10.2. The van der Waals surface area contributed by atoms with Crippen molar-refractivity contribution in [3.05, 3.63) is 71.6 Å². The summed E-state index contributed by atoms with van der Waals surface area (Å²) >= 11 is 0. The lowest BCUT2D eigenvalue weighted by Gasteiger charge is -2.45. The predicted octanol–water partition coefficient (Wildman–Crippen LogP) is 5.17. The third-order valence-electron chi connectivity index (χ3n) is 7.58. The van der Waals surface area contributed by atoms with E-state index in [2.05, 4.69) is 12.2 Å². The normalized spacial score (nSPS) is 24.7. The van der Waals surface area contributed by atoms with Crippen LogP contribution >= 0.6 is 0 Å². The summed E-state index contributed by atoms with van der Waals surface area (Å²) in [4.78, 5) is 29.4. The van der Waals surface area contributed by atoms with Crippen molar-refractivity contribution in [3.8, 4) is 11.5 Å². The predicted molar refractivity (Wildman–Crippen MR) is 131 cm³/mol. The Kier molecular flexibility index (Phi) is 5.84. The average Bonchev–Trinajstić information content (AvgIpc) is 3.49. The van der Waals surface area contributed by atoms with Gasteiger partial charge in [0.1, 0.15) is 17.0 Å². The van der Waals surface area contributed by atoms with Crippen LogP contribution in [-0.2, 0) is 17.9 Å². The van der Waals surface area contributed by atoms with Gasteiger partial charge in [-0.25, -0.2) is 0 Å². The van der Waals surface area contributed by atoms with E-state index in [0.29, 0.717) is 30.5 Å². The summed E-state index contributed by atoms with van der Waals surface area (Å²) in [6.45, 7) is 6.96. The largest absolute Gasteiger partial charge is 0.463 e. The van der Waals surface area contributed by atoms with Gasteiger partial charge < -0.3 is 19.2 Å². The zero-order valence-electron chi connectivity index (χ0n) is 20.2. The van der Waals surface area contributed by atoms with E-state index >= 15 is 0 Å². The number of nitrogens with one attached hydrogen (secondary N) is 1. The van der Waals surface area contributed by atoms with E-state index < -0.39 is 5.54 Å². The molecule has 34 heavy (non-hydrogen) atoms. The van der Waals surface area contributed by atoms with Crippen LogP contribution in [0.5, 0.6) is 0 Å². The van der Waals surface area contributed by atoms with Crippen molar-refractivity contribution >= 4 is 11.8 Å². The minimum Gasteiger partial charge on any atom is -0.463 e. The number of carbonyl (C=O) groups is 2. The monoisotopic (exact) mass is 459 g/mol. The first kappa shape index (κ1) is 22.5. The lowest BCUT2D eigenvalue weighted by atomic mass is 9.86. The fourth-order valence-electron chi connectivity index (χ4n) is 5.28. The van der Waals surface area contributed by atoms with Gasteiger partial charge in [-0.2, -0.15) is 0 Å². The summed E-state index contributed by atoms with van der Waals surface area (Å²) < 4.78 is 7.57. The average molecular weight is 460 g/mol. The molecule has 0 spiro atoms. The maximum atomic E-state index is 13.9. The summed E-state index contributed by atoms with van der Waals surface area (Å²) in [6, 6.07) is 15.8. The van der Waals surface area contributed by atoms with Gasteiger partial charge in [-0.15, -0.1) is 0 Å². The van der Waals surface area contributed by atoms with Crippen LogP contribution in [0.25, 0.3) is 11.5 Å². The highest BCUT2D eigenvalue weighted by Gasteiger charge is 2.48. The molecule has 1 aromatic carbocycles. The molecule has 1 aliphatic carbocycles. The number of amides is 2. The van der Waals surface area contributed by atoms with Crippen molar-refractivity contribution in [2.24, 2.45) is 5.92 Å². The number of aryl methyl sites for hydroxylation is 1. The number of benzene rings is 1. The summed E-state index contributed by atoms with van der Waals surface area (Å²) in [5.74, 6) is 1.17. The van der Waals surface area contributed by atoms with Crippen molar-refractivity contribution in [3.63, 3.8) is 0 Å². The third kappa shape index (κ3) is 4.06. The van der Waals surface area contributed by atoms with Gasteiger partial charge >= 0.3 is 0 Å². The van der Waals surface area contributed by atoms with E-state index in [0.717, 1.165) is 42.5 Å². The molecular weight excluding hydrogens is 426 g/mol. The quantitative estimate of drug-likeness (QED) is 0.573. The van der Waals surface area contributed by atoms with Crippen molar-refractivity contribution in [1.29, 1.82) is 0 Å². The molecule has 2 amide bonds. The maximum absolute atomic E-state index is 13.9. The molecule has 178 valence electrons. The number of hydrogen-bond donors (Lipinski definition) is 1. The first-order chi connectivity index (χ1) is 16.3. The minimum absolute atomic E-state index is 0.0859. The molecule has 0 saturated heterocycles. The Bertz CT molecular complexity index is 1170. The van der Waals surface area contributed by atoms with Crippen LogP contribution in [0.4, 0.5) is 0 Å². The van der Waals surface area contributed by atoms with Crippen LogP contribution in [0.3, 0.4) is 0 Å². The first-order valence-electron chi connectivity index (χ1n) is 12.3. The molecule has 1 N–H and O–H groups in total. The van der Waals surface area contributed by atoms with Crippen LogP contribution in [0, 0.1) is 12.8 Å². The highest BCUT2D eigenvalue weighted by molar-refractivity contribution is 6.00. The van der Waals surface area contributed by atoms with Crippen LogP contribution in [0.15, 0.2) is 59.2 Å². The lowest BCUT2D eigenvalue weighted by molar-refractivity contribution is -0.134. The number of furan rings is 1. The van der Waals surface area contributed by atoms with Crippen molar-refractivity contribution in [1.82, 2.24) is 14.8 Å². The summed E-state index contributed by atoms with van der Waals surface area (Å²) in [6.07, 6.45) is 5.85. The Morgan fingerprint density at radius 2 is 1.76 bits per heavy atom. The van der Waals surface area contributed by atoms with Crippen LogP contribution in [0.1, 0.15) is 61.1 Å². The lowest BCUT2D eigenvalue weighted by Crippen LogP contribution is -2.64. The number of fused-ring (bicyclic) bond motifs is 1. The molecular formula is C28H33N3O3. The van der Waals surface area contributed by atoms with E-state index in [1.165, 1.54) is 0 Å². The second-order valence-electron chi connectivity index (χ2n) is 10.2.